The lowest BCUT2D eigenvalue weighted by Gasteiger charge is -2.02. The van der Waals surface area contributed by atoms with Crippen LogP contribution in [0, 0.1) is 0 Å². The number of aryl methyl sites for hydroxylation is 2. The van der Waals surface area contributed by atoms with Crippen molar-refractivity contribution < 1.29 is 22.7 Å². The molecule has 0 aromatic carbocycles. The summed E-state index contributed by atoms with van der Waals surface area (Å²) in [6.45, 7) is -0.00600. The average Bonchev–Trinajstić information content (AvgIpc) is 3.21. The van der Waals surface area contributed by atoms with Gasteiger partial charge in [0.25, 0.3) is 0 Å². The first-order chi connectivity index (χ1) is 13.3. The van der Waals surface area contributed by atoms with Crippen molar-refractivity contribution in [3.63, 3.8) is 0 Å². The molecule has 0 amide bonds. The summed E-state index contributed by atoms with van der Waals surface area (Å²) in [7, 11) is -3.22. The molecular formula is C19H23NO5S3. The van der Waals surface area contributed by atoms with Crippen LogP contribution in [0.3, 0.4) is 0 Å². The maximum absolute atomic E-state index is 12.3. The van der Waals surface area contributed by atoms with Gasteiger partial charge in [0.1, 0.15) is 4.88 Å². The second-order valence-electron chi connectivity index (χ2n) is 6.80. The molecule has 1 aliphatic carbocycles. The van der Waals surface area contributed by atoms with Crippen LogP contribution in [-0.2, 0) is 34.0 Å². The highest BCUT2D eigenvalue weighted by Gasteiger charge is 2.19. The maximum Gasteiger partial charge on any atom is 0.348 e. The molecule has 0 aliphatic heterocycles. The Bertz CT molecular complexity index is 935. The van der Waals surface area contributed by atoms with E-state index in [4.69, 9.17) is 4.74 Å². The van der Waals surface area contributed by atoms with E-state index in [2.05, 4.69) is 4.72 Å². The van der Waals surface area contributed by atoms with Gasteiger partial charge in [-0.05, 0) is 55.9 Å². The van der Waals surface area contributed by atoms with E-state index in [1.54, 1.807) is 12.1 Å². The average molecular weight is 442 g/mol. The van der Waals surface area contributed by atoms with E-state index in [1.165, 1.54) is 39.5 Å². The van der Waals surface area contributed by atoms with Crippen LogP contribution in [0.2, 0.25) is 0 Å². The first-order valence-corrected chi connectivity index (χ1v) is 12.7. The molecule has 0 radical (unpaired) electrons. The number of esters is 1. The predicted molar refractivity (Wildman–Crippen MR) is 111 cm³/mol. The zero-order chi connectivity index (χ0) is 20.1. The highest BCUT2D eigenvalue weighted by atomic mass is 32.2. The Labute approximate surface area is 173 Å². The number of Topliss-reactive ketones (excluding diaryl/α,β-unsaturated/α-hetero) is 1. The van der Waals surface area contributed by atoms with Crippen molar-refractivity contribution in [2.75, 3.05) is 19.4 Å². The monoisotopic (exact) mass is 441 g/mol. The summed E-state index contributed by atoms with van der Waals surface area (Å²) >= 11 is 2.77. The number of fused-ring (bicyclic) bond motifs is 1. The van der Waals surface area contributed by atoms with Crippen LogP contribution >= 0.6 is 22.7 Å². The lowest BCUT2D eigenvalue weighted by Crippen LogP contribution is -2.24. The zero-order valence-corrected chi connectivity index (χ0v) is 18.1. The van der Waals surface area contributed by atoms with Crippen LogP contribution < -0.4 is 4.72 Å². The first-order valence-electron chi connectivity index (χ1n) is 9.17. The molecule has 0 saturated heterocycles. The van der Waals surface area contributed by atoms with Gasteiger partial charge in [-0.2, -0.15) is 0 Å². The Morgan fingerprint density at radius 2 is 1.89 bits per heavy atom. The number of rotatable bonds is 8. The number of sulfonamides is 1. The molecular weight excluding hydrogens is 418 g/mol. The van der Waals surface area contributed by atoms with Crippen LogP contribution in [0.5, 0.6) is 0 Å². The van der Waals surface area contributed by atoms with Crippen LogP contribution in [0.15, 0.2) is 18.2 Å². The number of ether oxygens (including phenoxy) is 1. The molecule has 0 fully saturated rings. The number of nitrogens with one attached hydrogen (secondary N) is 1. The summed E-state index contributed by atoms with van der Waals surface area (Å²) in [5.41, 5.74) is 1.24. The summed E-state index contributed by atoms with van der Waals surface area (Å²) in [4.78, 5) is 27.8. The van der Waals surface area contributed by atoms with Crippen molar-refractivity contribution in [2.45, 2.75) is 38.5 Å². The Morgan fingerprint density at radius 1 is 1.11 bits per heavy atom. The van der Waals surface area contributed by atoms with Crippen molar-refractivity contribution in [1.82, 2.24) is 4.72 Å². The van der Waals surface area contributed by atoms with E-state index in [9.17, 15) is 18.0 Å². The molecule has 1 N–H and O–H groups in total. The van der Waals surface area contributed by atoms with E-state index in [1.807, 2.05) is 6.07 Å². The van der Waals surface area contributed by atoms with Crippen molar-refractivity contribution >= 4 is 44.4 Å². The molecule has 9 heteroatoms. The van der Waals surface area contributed by atoms with Gasteiger partial charge in [0.2, 0.25) is 15.8 Å². The molecule has 1 aliphatic rings. The van der Waals surface area contributed by atoms with Crippen LogP contribution in [0.1, 0.15) is 53.9 Å². The Kier molecular flexibility index (Phi) is 7.03. The fourth-order valence-corrected chi connectivity index (χ4v) is 5.61. The lowest BCUT2D eigenvalue weighted by molar-refractivity contribution is 0.0480. The summed E-state index contributed by atoms with van der Waals surface area (Å²) in [5, 5.41) is 0. The highest BCUT2D eigenvalue weighted by Crippen LogP contribution is 2.29. The topological polar surface area (TPSA) is 89.5 Å². The van der Waals surface area contributed by atoms with Crippen molar-refractivity contribution in [1.29, 1.82) is 0 Å². The van der Waals surface area contributed by atoms with E-state index in [0.717, 1.165) is 36.8 Å². The Hall–Kier alpha value is -1.55. The standard InChI is InChI=1S/C19H23NO5S3/c1-28(23,24)20-10-9-14-7-8-17(26-14)15(21)12-25-19(22)18-11-13-5-3-2-4-6-16(13)27-18/h7-8,11,20H,2-6,9-10,12H2,1H3. The van der Waals surface area contributed by atoms with Gasteiger partial charge in [0, 0.05) is 16.3 Å². The molecule has 3 rings (SSSR count). The molecule has 0 atom stereocenters. The smallest absolute Gasteiger partial charge is 0.348 e. The summed E-state index contributed by atoms with van der Waals surface area (Å²) in [5.74, 6) is -0.695. The van der Waals surface area contributed by atoms with Gasteiger partial charge in [-0.1, -0.05) is 6.42 Å². The molecule has 6 nitrogen and oxygen atoms in total. The minimum absolute atomic E-state index is 0.251. The van der Waals surface area contributed by atoms with Gasteiger partial charge in [0.15, 0.2) is 6.61 Å². The predicted octanol–water partition coefficient (Wildman–Crippen LogP) is 3.21. The third-order valence-electron chi connectivity index (χ3n) is 4.45. The van der Waals surface area contributed by atoms with E-state index in [0.29, 0.717) is 16.2 Å². The summed E-state index contributed by atoms with van der Waals surface area (Å²) in [6, 6.07) is 5.39. The fraction of sp³-hybridized carbons (Fsp3) is 0.474. The molecule has 0 unspecified atom stereocenters. The largest absolute Gasteiger partial charge is 0.453 e. The molecule has 0 saturated carbocycles. The molecule has 28 heavy (non-hydrogen) atoms. The zero-order valence-electron chi connectivity index (χ0n) is 15.7. The second-order valence-corrected chi connectivity index (χ2v) is 10.9. The number of hydrogen-bond donors (Lipinski definition) is 1. The minimum atomic E-state index is -3.22. The van der Waals surface area contributed by atoms with Crippen LogP contribution in [-0.4, -0.2) is 39.6 Å². The number of carbonyl (C=O) groups is 2. The van der Waals surface area contributed by atoms with Crippen molar-refractivity contribution in [3.05, 3.63) is 43.3 Å². The van der Waals surface area contributed by atoms with Gasteiger partial charge in [-0.15, -0.1) is 22.7 Å². The highest BCUT2D eigenvalue weighted by molar-refractivity contribution is 7.88. The summed E-state index contributed by atoms with van der Waals surface area (Å²) < 4.78 is 29.8. The second kappa shape index (κ2) is 9.30. The number of carbonyl (C=O) groups excluding carboxylic acids is 2. The first kappa shape index (κ1) is 21.2. The fourth-order valence-electron chi connectivity index (χ4n) is 3.06. The third kappa shape index (κ3) is 5.97. The van der Waals surface area contributed by atoms with E-state index >= 15 is 0 Å². The van der Waals surface area contributed by atoms with Crippen molar-refractivity contribution in [2.24, 2.45) is 0 Å². The number of ketones is 1. The van der Waals surface area contributed by atoms with E-state index in [-0.39, 0.29) is 18.9 Å². The number of thiophene rings is 2. The normalized spacial score (nSPS) is 14.3. The Morgan fingerprint density at radius 3 is 2.68 bits per heavy atom. The number of hydrogen-bond acceptors (Lipinski definition) is 7. The van der Waals surface area contributed by atoms with Gasteiger partial charge in [0.05, 0.1) is 11.1 Å². The van der Waals surface area contributed by atoms with Gasteiger partial charge >= 0.3 is 5.97 Å². The molecule has 2 aromatic rings. The molecule has 0 bridgehead atoms. The van der Waals surface area contributed by atoms with Gasteiger partial charge in [-0.3, -0.25) is 4.79 Å². The lowest BCUT2D eigenvalue weighted by atomic mass is 10.1. The van der Waals surface area contributed by atoms with Gasteiger partial charge in [-0.25, -0.2) is 17.9 Å². The van der Waals surface area contributed by atoms with Gasteiger partial charge < -0.3 is 4.74 Å². The molecule has 0 spiro atoms. The summed E-state index contributed by atoms with van der Waals surface area (Å²) in [6.07, 6.45) is 7.16. The van der Waals surface area contributed by atoms with Crippen molar-refractivity contribution in [3.8, 4) is 0 Å². The van der Waals surface area contributed by atoms with Crippen LogP contribution in [0.4, 0.5) is 0 Å². The third-order valence-corrected chi connectivity index (χ3v) is 7.59. The SMILES string of the molecule is CS(=O)(=O)NCCc1ccc(C(=O)COC(=O)c2cc3c(s2)CCCCC3)s1. The van der Waals surface area contributed by atoms with E-state index < -0.39 is 16.0 Å². The minimum Gasteiger partial charge on any atom is -0.453 e. The Balaban J connectivity index is 1.51. The molecule has 2 heterocycles. The maximum atomic E-state index is 12.3. The molecule has 2 aromatic heterocycles. The van der Waals surface area contributed by atoms with Crippen LogP contribution in [0.25, 0.3) is 0 Å². The molecule has 152 valence electrons. The quantitative estimate of drug-likeness (QED) is 0.386.